The van der Waals surface area contributed by atoms with Crippen molar-refractivity contribution in [3.8, 4) is 0 Å². The van der Waals surface area contributed by atoms with Gasteiger partial charge in [0, 0.05) is 33.8 Å². The molecule has 34 heavy (non-hydrogen) atoms. The van der Waals surface area contributed by atoms with E-state index in [2.05, 4.69) is 16.2 Å². The Morgan fingerprint density at radius 2 is 1.74 bits per heavy atom. The largest absolute Gasteiger partial charge is 0.430 e. The van der Waals surface area contributed by atoms with Crippen molar-refractivity contribution in [1.29, 1.82) is 0 Å². The van der Waals surface area contributed by atoms with Crippen molar-refractivity contribution in [3.05, 3.63) is 53.6 Å². The molecule has 0 aliphatic heterocycles. The molecule has 2 N–H and O–H groups in total. The molecular formula is C21H19F7N2O3S. The quantitative estimate of drug-likeness (QED) is 0.431. The molecule has 1 saturated carbocycles. The van der Waals surface area contributed by atoms with Gasteiger partial charge in [0.1, 0.15) is 5.82 Å². The van der Waals surface area contributed by atoms with Gasteiger partial charge in [0.25, 0.3) is 5.60 Å². The Bertz CT molecular complexity index is 1160. The summed E-state index contributed by atoms with van der Waals surface area (Å²) in [5.41, 5.74) is -7.68. The number of alkyl halides is 6. The van der Waals surface area contributed by atoms with Crippen LogP contribution in [-0.4, -0.2) is 44.2 Å². The molecule has 0 spiro atoms. The summed E-state index contributed by atoms with van der Waals surface area (Å²) in [5, 5.41) is 11.5. The fourth-order valence-corrected chi connectivity index (χ4v) is 5.07. The van der Waals surface area contributed by atoms with Crippen LogP contribution < -0.4 is 5.32 Å². The first-order valence-corrected chi connectivity index (χ1v) is 11.7. The second-order valence-electron chi connectivity index (χ2n) is 8.03. The molecule has 1 aliphatic rings. The third kappa shape index (κ3) is 5.35. The summed E-state index contributed by atoms with van der Waals surface area (Å²) in [6.07, 6.45) is -9.55. The van der Waals surface area contributed by atoms with Crippen molar-refractivity contribution in [1.82, 2.24) is 4.98 Å². The van der Waals surface area contributed by atoms with Gasteiger partial charge in [-0.3, -0.25) is 14.0 Å². The zero-order valence-corrected chi connectivity index (χ0v) is 18.2. The minimum absolute atomic E-state index is 0.101. The lowest BCUT2D eigenvalue weighted by molar-refractivity contribution is -0.377. The molecule has 1 aliphatic carbocycles. The van der Waals surface area contributed by atoms with E-state index in [1.54, 1.807) is 0 Å². The first-order valence-electron chi connectivity index (χ1n) is 9.80. The number of carbonyl (C=O) groups excluding carboxylic acids is 1. The minimum atomic E-state index is -6.25. The van der Waals surface area contributed by atoms with E-state index in [1.807, 2.05) is 0 Å². The lowest BCUT2D eigenvalue weighted by Gasteiger charge is -2.32. The fourth-order valence-electron chi connectivity index (χ4n) is 3.22. The van der Waals surface area contributed by atoms with Gasteiger partial charge in [0.15, 0.2) is 0 Å². The zero-order valence-electron chi connectivity index (χ0n) is 17.3. The molecule has 2 aromatic rings. The van der Waals surface area contributed by atoms with Crippen molar-refractivity contribution in [2.24, 2.45) is 5.92 Å². The van der Waals surface area contributed by atoms with Gasteiger partial charge in [0.2, 0.25) is 5.91 Å². The van der Waals surface area contributed by atoms with Crippen LogP contribution in [0.3, 0.4) is 0 Å². The number of hydrogen-bond donors (Lipinski definition) is 2. The van der Waals surface area contributed by atoms with Crippen LogP contribution >= 0.6 is 0 Å². The van der Waals surface area contributed by atoms with Gasteiger partial charge in [-0.2, -0.15) is 26.3 Å². The molecule has 1 unspecified atom stereocenters. The first kappa shape index (κ1) is 25.9. The number of benzene rings is 1. The average molecular weight is 512 g/mol. The standard InChI is InChI=1S/C21H19F7N2O3S/c1-34(33,11-12-2-3-12)15-6-4-13(29-10-15)9-18(31)30-14-5-7-16(17(22)8-14)19(32,20(23,24)25)21(26,27)28/h4-8,10,12,32H,1-3,9,11H2,(H,30,31). The molecule has 1 atom stereocenters. The molecule has 1 aromatic carbocycles. The SMILES string of the molecule is C=S(=O)(CC1CC1)c1ccc(CC(=O)Nc2ccc(C(O)(C(F)(F)F)C(F)(F)F)c(F)c2)nc1. The maximum atomic E-state index is 14.2. The number of amides is 1. The van der Waals surface area contributed by atoms with Gasteiger partial charge >= 0.3 is 12.4 Å². The number of halogens is 7. The molecular weight excluding hydrogens is 493 g/mol. The molecule has 1 heterocycles. The van der Waals surface area contributed by atoms with Crippen LogP contribution in [0, 0.1) is 11.7 Å². The van der Waals surface area contributed by atoms with Crippen LogP contribution in [-0.2, 0) is 26.3 Å². The number of aromatic nitrogens is 1. The predicted molar refractivity (Wildman–Crippen MR) is 110 cm³/mol. The second-order valence-corrected chi connectivity index (χ2v) is 10.5. The van der Waals surface area contributed by atoms with Gasteiger partial charge in [-0.05, 0) is 58.4 Å². The topological polar surface area (TPSA) is 79.3 Å². The van der Waals surface area contributed by atoms with Crippen LogP contribution in [0.2, 0.25) is 0 Å². The van der Waals surface area contributed by atoms with Crippen molar-refractivity contribution in [2.75, 3.05) is 11.1 Å². The third-order valence-corrected chi connectivity index (χ3v) is 7.34. The van der Waals surface area contributed by atoms with E-state index < -0.39 is 50.5 Å². The molecule has 5 nitrogen and oxygen atoms in total. The van der Waals surface area contributed by atoms with E-state index in [4.69, 9.17) is 0 Å². The number of pyridine rings is 1. The number of carbonyl (C=O) groups is 1. The molecule has 1 fully saturated rings. The number of nitrogens with zero attached hydrogens (tertiary/aromatic N) is 1. The molecule has 1 aromatic heterocycles. The van der Waals surface area contributed by atoms with Crippen LogP contribution in [0.25, 0.3) is 0 Å². The summed E-state index contributed by atoms with van der Waals surface area (Å²) < 4.78 is 105. The summed E-state index contributed by atoms with van der Waals surface area (Å²) in [5.74, 6) is 1.74. The van der Waals surface area contributed by atoms with E-state index in [0.29, 0.717) is 22.6 Å². The zero-order chi connectivity index (χ0) is 25.5. The maximum absolute atomic E-state index is 14.2. The van der Waals surface area contributed by atoms with Gasteiger partial charge in [-0.15, -0.1) is 0 Å². The number of nitrogens with one attached hydrogen (secondary N) is 1. The number of hydrogen-bond acceptors (Lipinski definition) is 4. The monoisotopic (exact) mass is 512 g/mol. The fraction of sp³-hybridized carbons (Fsp3) is 0.381. The molecule has 3 rings (SSSR count). The van der Waals surface area contributed by atoms with Crippen molar-refractivity contribution in [3.63, 3.8) is 0 Å². The predicted octanol–water partition coefficient (Wildman–Crippen LogP) is 4.20. The summed E-state index contributed by atoms with van der Waals surface area (Å²) in [6, 6.07) is 3.89. The Morgan fingerprint density at radius 1 is 1.12 bits per heavy atom. The van der Waals surface area contributed by atoms with Crippen molar-refractivity contribution in [2.45, 2.75) is 42.1 Å². The van der Waals surface area contributed by atoms with E-state index in [1.165, 1.54) is 18.3 Å². The molecule has 1 amide bonds. The highest BCUT2D eigenvalue weighted by atomic mass is 32.2. The highest BCUT2D eigenvalue weighted by molar-refractivity contribution is 8.00. The lowest BCUT2D eigenvalue weighted by Crippen LogP contribution is -2.54. The average Bonchev–Trinajstić information content (AvgIpc) is 3.49. The van der Waals surface area contributed by atoms with Crippen LogP contribution in [0.5, 0.6) is 0 Å². The molecule has 0 radical (unpaired) electrons. The minimum Gasteiger partial charge on any atom is -0.369 e. The number of anilines is 1. The van der Waals surface area contributed by atoms with Gasteiger partial charge in [0.05, 0.1) is 6.42 Å². The normalized spacial score (nSPS) is 16.7. The van der Waals surface area contributed by atoms with E-state index in [9.17, 15) is 44.8 Å². The van der Waals surface area contributed by atoms with Crippen LogP contribution in [0.4, 0.5) is 36.4 Å². The lowest BCUT2D eigenvalue weighted by atomic mass is 9.91. The second kappa shape index (κ2) is 8.84. The Kier molecular flexibility index (Phi) is 6.74. The van der Waals surface area contributed by atoms with Crippen LogP contribution in [0.1, 0.15) is 24.1 Å². The summed E-state index contributed by atoms with van der Waals surface area (Å²) in [6.45, 7) is 0. The summed E-state index contributed by atoms with van der Waals surface area (Å²) in [4.78, 5) is 16.6. The van der Waals surface area contributed by atoms with Gasteiger partial charge in [-0.1, -0.05) is 6.07 Å². The Labute approximate surface area is 190 Å². The molecule has 0 saturated heterocycles. The number of rotatable bonds is 7. The summed E-state index contributed by atoms with van der Waals surface area (Å²) >= 11 is 0. The maximum Gasteiger partial charge on any atom is 0.430 e. The Hall–Kier alpha value is -2.67. The third-order valence-electron chi connectivity index (χ3n) is 5.23. The van der Waals surface area contributed by atoms with Gasteiger partial charge in [-0.25, -0.2) is 4.39 Å². The van der Waals surface area contributed by atoms with E-state index >= 15 is 0 Å². The first-order chi connectivity index (χ1) is 15.5. The molecule has 186 valence electrons. The summed E-state index contributed by atoms with van der Waals surface area (Å²) in [7, 11) is -2.52. The highest BCUT2D eigenvalue weighted by Gasteiger charge is 2.72. The van der Waals surface area contributed by atoms with E-state index in [0.717, 1.165) is 12.8 Å². The van der Waals surface area contributed by atoms with Crippen molar-refractivity contribution >= 4 is 27.0 Å². The smallest absolute Gasteiger partial charge is 0.369 e. The van der Waals surface area contributed by atoms with Gasteiger partial charge < -0.3 is 10.4 Å². The number of aliphatic hydroxyl groups is 1. The Morgan fingerprint density at radius 3 is 2.21 bits per heavy atom. The highest BCUT2D eigenvalue weighted by Crippen LogP contribution is 2.50. The van der Waals surface area contributed by atoms with Crippen LogP contribution in [0.15, 0.2) is 41.4 Å². The molecule has 0 bridgehead atoms. The Balaban J connectivity index is 1.71. The molecule has 13 heteroatoms. The van der Waals surface area contributed by atoms with Crippen molar-refractivity contribution < 1.29 is 44.8 Å². The van der Waals surface area contributed by atoms with E-state index in [-0.39, 0.29) is 24.2 Å².